The molecule has 0 aliphatic carbocycles. The van der Waals surface area contributed by atoms with Gasteiger partial charge >= 0.3 is 6.09 Å². The maximum Gasteiger partial charge on any atom is 0.408 e. The summed E-state index contributed by atoms with van der Waals surface area (Å²) in [4.78, 5) is 18.3. The van der Waals surface area contributed by atoms with E-state index in [1.165, 1.54) is 0 Å². The summed E-state index contributed by atoms with van der Waals surface area (Å²) >= 11 is 0. The van der Waals surface area contributed by atoms with Crippen molar-refractivity contribution in [1.82, 2.24) is 14.7 Å². The molecule has 124 valence electrons. The Labute approximate surface area is 134 Å². The third-order valence-electron chi connectivity index (χ3n) is 3.72. The number of aromatic nitrogens is 2. The Morgan fingerprint density at radius 2 is 2.17 bits per heavy atom. The van der Waals surface area contributed by atoms with Crippen molar-refractivity contribution in [2.24, 2.45) is 0 Å². The summed E-state index contributed by atoms with van der Waals surface area (Å²) in [5.41, 5.74) is 0.407. The van der Waals surface area contributed by atoms with Crippen LogP contribution in [-0.2, 0) is 4.74 Å². The molecular weight excluding hydrogens is 296 g/mol. The molecule has 0 aromatic carbocycles. The van der Waals surface area contributed by atoms with Crippen LogP contribution in [0.1, 0.15) is 20.8 Å². The van der Waals surface area contributed by atoms with Gasteiger partial charge in [-0.2, -0.15) is 0 Å². The fourth-order valence-electron chi connectivity index (χ4n) is 2.76. The van der Waals surface area contributed by atoms with E-state index in [1.54, 1.807) is 27.0 Å². The van der Waals surface area contributed by atoms with Gasteiger partial charge in [-0.3, -0.25) is 0 Å². The van der Waals surface area contributed by atoms with Crippen LogP contribution in [0.5, 0.6) is 0 Å². The van der Waals surface area contributed by atoms with E-state index in [1.807, 2.05) is 33.8 Å². The highest BCUT2D eigenvalue weighted by Gasteiger charge is 2.34. The zero-order valence-corrected chi connectivity index (χ0v) is 13.6. The van der Waals surface area contributed by atoms with Crippen LogP contribution in [0.15, 0.2) is 30.7 Å². The van der Waals surface area contributed by atoms with Gasteiger partial charge in [-0.1, -0.05) is 0 Å². The number of rotatable bonds is 2. The first-order valence-electron chi connectivity index (χ1n) is 7.68. The number of carbonyl (C=O) groups excluding carboxylic acids is 1. The lowest BCUT2D eigenvalue weighted by molar-refractivity contribution is 0.0461. The van der Waals surface area contributed by atoms with Crippen molar-refractivity contribution in [2.75, 3.05) is 18.0 Å². The third-order valence-corrected chi connectivity index (χ3v) is 3.72. The van der Waals surface area contributed by atoms with Crippen LogP contribution >= 0.6 is 0 Å². The number of alkyl carbamates (subject to hydrolysis) is 1. The van der Waals surface area contributed by atoms with E-state index in [0.29, 0.717) is 13.1 Å². The maximum atomic E-state index is 11.9. The number of hydrogen-bond donors (Lipinski definition) is 2. The van der Waals surface area contributed by atoms with Crippen molar-refractivity contribution in [1.29, 1.82) is 0 Å². The number of fused-ring (bicyclic) bond motifs is 1. The van der Waals surface area contributed by atoms with E-state index >= 15 is 0 Å². The molecule has 1 fully saturated rings. The number of amides is 1. The van der Waals surface area contributed by atoms with Gasteiger partial charge in [0.15, 0.2) is 5.82 Å². The molecule has 1 aliphatic rings. The minimum Gasteiger partial charge on any atom is -0.444 e. The third kappa shape index (κ3) is 3.39. The number of nitrogens with one attached hydrogen (secondary N) is 1. The summed E-state index contributed by atoms with van der Waals surface area (Å²) in [5.74, 6) is 0.796. The number of β-amino-alcohol motifs (C(OH)–C–C–N with tert-alkyl or cyclic N) is 1. The fourth-order valence-corrected chi connectivity index (χ4v) is 2.76. The molecule has 7 nitrogen and oxygen atoms in total. The molecular formula is C16H22N4O3. The minimum atomic E-state index is -0.667. The number of ether oxygens (including phenoxy) is 1. The van der Waals surface area contributed by atoms with E-state index in [0.717, 1.165) is 11.3 Å². The second-order valence-electron chi connectivity index (χ2n) is 6.78. The first-order chi connectivity index (χ1) is 10.8. The summed E-state index contributed by atoms with van der Waals surface area (Å²) < 4.78 is 7.22. The number of anilines is 1. The first-order valence-corrected chi connectivity index (χ1v) is 7.68. The molecule has 0 unspecified atom stereocenters. The van der Waals surface area contributed by atoms with Crippen molar-refractivity contribution in [3.63, 3.8) is 0 Å². The predicted molar refractivity (Wildman–Crippen MR) is 86.6 cm³/mol. The van der Waals surface area contributed by atoms with Gasteiger partial charge in [0.2, 0.25) is 0 Å². The number of carbonyl (C=O) groups is 1. The molecule has 0 bridgehead atoms. The zero-order valence-electron chi connectivity index (χ0n) is 13.6. The second-order valence-corrected chi connectivity index (χ2v) is 6.78. The molecule has 2 aromatic rings. The van der Waals surface area contributed by atoms with Crippen LogP contribution in [0.3, 0.4) is 0 Å². The maximum absolute atomic E-state index is 11.9. The molecule has 0 radical (unpaired) electrons. The van der Waals surface area contributed by atoms with Gasteiger partial charge in [-0.25, -0.2) is 9.78 Å². The van der Waals surface area contributed by atoms with Gasteiger partial charge in [0.1, 0.15) is 5.60 Å². The van der Waals surface area contributed by atoms with Gasteiger partial charge in [-0.15, -0.1) is 0 Å². The van der Waals surface area contributed by atoms with Crippen molar-refractivity contribution >= 4 is 17.4 Å². The molecule has 1 saturated heterocycles. The monoisotopic (exact) mass is 318 g/mol. The Hall–Kier alpha value is -2.28. The predicted octanol–water partition coefficient (Wildman–Crippen LogP) is 1.41. The highest BCUT2D eigenvalue weighted by molar-refractivity contribution is 5.71. The van der Waals surface area contributed by atoms with Crippen molar-refractivity contribution < 1.29 is 14.6 Å². The molecule has 7 heteroatoms. The number of nitrogens with zero attached hydrogens (tertiary/aromatic N) is 3. The van der Waals surface area contributed by atoms with E-state index in [-0.39, 0.29) is 6.04 Å². The molecule has 2 N–H and O–H groups in total. The average molecular weight is 318 g/mol. The highest BCUT2D eigenvalue weighted by Crippen LogP contribution is 2.23. The molecule has 0 spiro atoms. The van der Waals surface area contributed by atoms with E-state index in [9.17, 15) is 9.90 Å². The van der Waals surface area contributed by atoms with Gasteiger partial charge in [0.05, 0.1) is 17.7 Å². The summed E-state index contributed by atoms with van der Waals surface area (Å²) in [6.07, 6.45) is 4.37. The topological polar surface area (TPSA) is 79.1 Å². The van der Waals surface area contributed by atoms with Crippen LogP contribution in [-0.4, -0.2) is 51.4 Å². The molecule has 2 atom stereocenters. The average Bonchev–Trinajstić information content (AvgIpc) is 3.03. The van der Waals surface area contributed by atoms with Crippen molar-refractivity contribution in [3.8, 4) is 0 Å². The highest BCUT2D eigenvalue weighted by atomic mass is 16.6. The lowest BCUT2D eigenvalue weighted by atomic mass is 10.2. The summed E-state index contributed by atoms with van der Waals surface area (Å²) in [6.45, 7) is 6.32. The van der Waals surface area contributed by atoms with Crippen molar-refractivity contribution in [3.05, 3.63) is 30.7 Å². The lowest BCUT2D eigenvalue weighted by Gasteiger charge is -2.22. The first kappa shape index (κ1) is 15.6. The van der Waals surface area contributed by atoms with Gasteiger partial charge < -0.3 is 24.5 Å². The Balaban J connectivity index is 1.71. The van der Waals surface area contributed by atoms with E-state index < -0.39 is 17.8 Å². The Kier molecular flexibility index (Phi) is 3.89. The Bertz CT molecular complexity index is 707. The van der Waals surface area contributed by atoms with E-state index in [4.69, 9.17) is 4.74 Å². The molecule has 1 amide bonds. The van der Waals surface area contributed by atoms with Gasteiger partial charge in [0.25, 0.3) is 0 Å². The molecule has 3 heterocycles. The molecule has 1 aliphatic heterocycles. The standard InChI is InChI=1S/C16H22N4O3/c1-16(2,3)23-15(22)18-11-9-20(10-13(11)21)14-12-5-4-7-19(12)8-6-17-14/h4-8,11,13,21H,9-10H2,1-3H3,(H,18,22)/t11-,13+/m1/s1. The SMILES string of the molecule is CC(C)(C)OC(=O)N[C@@H]1CN(c2nccn3cccc23)C[C@@H]1O. The number of hydrogen-bond acceptors (Lipinski definition) is 5. The summed E-state index contributed by atoms with van der Waals surface area (Å²) in [5, 5.41) is 13.0. The lowest BCUT2D eigenvalue weighted by Crippen LogP contribution is -2.45. The normalized spacial score (nSPS) is 21.7. The Morgan fingerprint density at radius 1 is 1.39 bits per heavy atom. The second kappa shape index (κ2) is 5.73. The smallest absolute Gasteiger partial charge is 0.408 e. The molecule has 0 saturated carbocycles. The zero-order chi connectivity index (χ0) is 16.6. The largest absolute Gasteiger partial charge is 0.444 e. The quantitative estimate of drug-likeness (QED) is 0.875. The van der Waals surface area contributed by atoms with Crippen LogP contribution < -0.4 is 10.2 Å². The van der Waals surface area contributed by atoms with E-state index in [2.05, 4.69) is 10.3 Å². The van der Waals surface area contributed by atoms with Gasteiger partial charge in [-0.05, 0) is 32.9 Å². The molecule has 3 rings (SSSR count). The molecule has 23 heavy (non-hydrogen) atoms. The summed E-state index contributed by atoms with van der Waals surface area (Å²) in [6, 6.07) is 3.54. The molecule has 2 aromatic heterocycles. The van der Waals surface area contributed by atoms with Gasteiger partial charge in [0, 0.05) is 31.7 Å². The van der Waals surface area contributed by atoms with Crippen LogP contribution in [0.25, 0.3) is 5.52 Å². The van der Waals surface area contributed by atoms with Crippen LogP contribution in [0.4, 0.5) is 10.6 Å². The number of aliphatic hydroxyl groups excluding tert-OH is 1. The van der Waals surface area contributed by atoms with Crippen LogP contribution in [0, 0.1) is 0 Å². The van der Waals surface area contributed by atoms with Crippen molar-refractivity contribution in [2.45, 2.75) is 38.5 Å². The minimum absolute atomic E-state index is 0.387. The Morgan fingerprint density at radius 3 is 2.91 bits per heavy atom. The number of aliphatic hydroxyl groups is 1. The van der Waals surface area contributed by atoms with Crippen LogP contribution in [0.2, 0.25) is 0 Å². The fraction of sp³-hybridized carbons (Fsp3) is 0.500. The summed E-state index contributed by atoms with van der Waals surface area (Å²) in [7, 11) is 0.